The van der Waals surface area contributed by atoms with Gasteiger partial charge in [-0.05, 0) is 39.8 Å². The van der Waals surface area contributed by atoms with Crippen molar-refractivity contribution in [2.24, 2.45) is 0 Å². The summed E-state index contributed by atoms with van der Waals surface area (Å²) in [7, 11) is 2.08. The van der Waals surface area contributed by atoms with Gasteiger partial charge in [-0.1, -0.05) is 78.9 Å². The first-order chi connectivity index (χ1) is 12.1. The Morgan fingerprint density at radius 2 is 1.44 bits per heavy atom. The lowest BCUT2D eigenvalue weighted by Crippen LogP contribution is -2.41. The summed E-state index contributed by atoms with van der Waals surface area (Å²) in [6.45, 7) is 0. The third kappa shape index (κ3) is 2.49. The van der Waals surface area contributed by atoms with Gasteiger partial charge in [-0.2, -0.15) is 0 Å². The molecule has 0 bridgehead atoms. The molecule has 2 nitrogen and oxygen atoms in total. The first-order valence-electron chi connectivity index (χ1n) is 8.30. The fourth-order valence-electron chi connectivity index (χ4n) is 3.73. The summed E-state index contributed by atoms with van der Waals surface area (Å²) in [5, 5.41) is 0. The summed E-state index contributed by atoms with van der Waals surface area (Å²) in [4.78, 5) is 15.8. The van der Waals surface area contributed by atoms with Gasteiger partial charge in [0.2, 0.25) is 0 Å². The zero-order chi connectivity index (χ0) is 17.4. The van der Waals surface area contributed by atoms with Crippen LogP contribution < -0.4 is 4.90 Å². The van der Waals surface area contributed by atoms with Crippen LogP contribution in [0.5, 0.6) is 0 Å². The lowest BCUT2D eigenvalue weighted by Gasteiger charge is -2.37. The Morgan fingerprint density at radius 1 is 0.880 bits per heavy atom. The third-order valence-corrected chi connectivity index (χ3v) is 6.95. The Hall–Kier alpha value is -2.14. The van der Waals surface area contributed by atoms with Crippen LogP contribution in [0.25, 0.3) is 0 Å². The van der Waals surface area contributed by atoms with Crippen molar-refractivity contribution >= 4 is 34.1 Å². The van der Waals surface area contributed by atoms with Gasteiger partial charge in [0.15, 0.2) is 5.78 Å². The SMILES string of the molecule is CN1c2ccccc2C(C(=O)c2ccccc2)C1(I)c1ccccc1. The number of para-hydroxylation sites is 1. The smallest absolute Gasteiger partial charge is 0.173 e. The second-order valence-corrected chi connectivity index (χ2v) is 7.97. The minimum Gasteiger partial charge on any atom is -0.355 e. The molecule has 0 radical (unpaired) electrons. The highest BCUT2D eigenvalue weighted by Gasteiger charge is 2.52. The van der Waals surface area contributed by atoms with E-state index in [9.17, 15) is 4.79 Å². The van der Waals surface area contributed by atoms with Gasteiger partial charge >= 0.3 is 0 Å². The van der Waals surface area contributed by atoms with Crippen LogP contribution in [-0.2, 0) is 3.55 Å². The lowest BCUT2D eigenvalue weighted by molar-refractivity contribution is 0.0947. The number of hydrogen-bond donors (Lipinski definition) is 0. The number of rotatable bonds is 3. The molecule has 25 heavy (non-hydrogen) atoms. The van der Waals surface area contributed by atoms with Crippen molar-refractivity contribution in [3.63, 3.8) is 0 Å². The van der Waals surface area contributed by atoms with Crippen molar-refractivity contribution in [1.29, 1.82) is 0 Å². The highest BCUT2D eigenvalue weighted by molar-refractivity contribution is 14.1. The normalized spacial score (nSPS) is 21.8. The number of benzene rings is 3. The van der Waals surface area contributed by atoms with E-state index in [2.05, 4.69) is 58.8 Å². The Kier molecular flexibility index (Phi) is 4.12. The number of fused-ring (bicyclic) bond motifs is 1. The molecule has 0 N–H and O–H groups in total. The number of ketones is 1. The van der Waals surface area contributed by atoms with Crippen molar-refractivity contribution in [1.82, 2.24) is 0 Å². The van der Waals surface area contributed by atoms with Crippen LogP contribution >= 0.6 is 22.6 Å². The minimum atomic E-state index is -0.449. The number of likely N-dealkylation sites (N-methyl/N-ethyl adjacent to an activating group) is 1. The summed E-state index contributed by atoms with van der Waals surface area (Å²) in [6.07, 6.45) is 0. The largest absolute Gasteiger partial charge is 0.355 e. The van der Waals surface area contributed by atoms with Crippen LogP contribution in [-0.4, -0.2) is 12.8 Å². The molecule has 0 aliphatic carbocycles. The number of hydrogen-bond acceptors (Lipinski definition) is 2. The molecule has 1 aliphatic rings. The highest BCUT2D eigenvalue weighted by Crippen LogP contribution is 2.57. The summed E-state index contributed by atoms with van der Waals surface area (Å²) >= 11 is 2.46. The van der Waals surface area contributed by atoms with Crippen molar-refractivity contribution in [3.8, 4) is 0 Å². The zero-order valence-electron chi connectivity index (χ0n) is 13.9. The van der Waals surface area contributed by atoms with Gasteiger partial charge in [0, 0.05) is 18.3 Å². The molecule has 0 aromatic heterocycles. The molecule has 0 saturated carbocycles. The molecule has 3 aromatic rings. The maximum Gasteiger partial charge on any atom is 0.173 e. The molecule has 2 unspecified atom stereocenters. The van der Waals surface area contributed by atoms with Crippen LogP contribution in [0.4, 0.5) is 5.69 Å². The van der Waals surface area contributed by atoms with Gasteiger partial charge in [-0.15, -0.1) is 0 Å². The van der Waals surface area contributed by atoms with Crippen LogP contribution in [0.2, 0.25) is 0 Å². The highest BCUT2D eigenvalue weighted by atomic mass is 127. The summed E-state index contributed by atoms with van der Waals surface area (Å²) < 4.78 is -0.449. The van der Waals surface area contributed by atoms with E-state index in [0.717, 1.165) is 22.4 Å². The first kappa shape index (κ1) is 16.3. The van der Waals surface area contributed by atoms with Gasteiger partial charge in [0.1, 0.15) is 3.55 Å². The molecular weight excluding hydrogens is 421 g/mol. The second-order valence-electron chi connectivity index (χ2n) is 6.32. The summed E-state index contributed by atoms with van der Waals surface area (Å²) in [5.74, 6) is -0.0882. The Balaban J connectivity index is 1.93. The average molecular weight is 439 g/mol. The maximum absolute atomic E-state index is 13.5. The molecule has 3 aromatic carbocycles. The number of carbonyl (C=O) groups excluding carboxylic acids is 1. The van der Waals surface area contributed by atoms with E-state index in [1.54, 1.807) is 0 Å². The minimum absolute atomic E-state index is 0.163. The van der Waals surface area contributed by atoms with Gasteiger partial charge in [0.05, 0.1) is 5.92 Å². The number of halogens is 1. The molecule has 0 amide bonds. The average Bonchev–Trinajstić information content (AvgIpc) is 2.91. The van der Waals surface area contributed by atoms with E-state index in [0.29, 0.717) is 0 Å². The Morgan fingerprint density at radius 3 is 2.12 bits per heavy atom. The number of anilines is 1. The van der Waals surface area contributed by atoms with Crippen molar-refractivity contribution in [3.05, 3.63) is 102 Å². The van der Waals surface area contributed by atoms with Crippen LogP contribution in [0.15, 0.2) is 84.9 Å². The van der Waals surface area contributed by atoms with Crippen molar-refractivity contribution < 1.29 is 4.79 Å². The fourth-order valence-corrected chi connectivity index (χ4v) is 4.97. The molecule has 0 saturated heterocycles. The van der Waals surface area contributed by atoms with E-state index in [-0.39, 0.29) is 11.7 Å². The van der Waals surface area contributed by atoms with E-state index >= 15 is 0 Å². The van der Waals surface area contributed by atoms with Gasteiger partial charge in [0.25, 0.3) is 0 Å². The van der Waals surface area contributed by atoms with E-state index < -0.39 is 3.55 Å². The van der Waals surface area contributed by atoms with Crippen LogP contribution in [0.3, 0.4) is 0 Å². The number of carbonyl (C=O) groups is 1. The lowest BCUT2D eigenvalue weighted by atomic mass is 9.84. The van der Waals surface area contributed by atoms with Gasteiger partial charge < -0.3 is 4.90 Å². The Bertz CT molecular complexity index is 910. The molecule has 0 fully saturated rings. The predicted molar refractivity (Wildman–Crippen MR) is 110 cm³/mol. The van der Waals surface area contributed by atoms with Crippen molar-refractivity contribution in [2.45, 2.75) is 9.46 Å². The van der Waals surface area contributed by atoms with Crippen molar-refractivity contribution in [2.75, 3.05) is 11.9 Å². The number of nitrogens with zero attached hydrogens (tertiary/aromatic N) is 1. The quantitative estimate of drug-likeness (QED) is 0.236. The van der Waals surface area contributed by atoms with E-state index in [1.165, 1.54) is 0 Å². The fraction of sp³-hybridized carbons (Fsp3) is 0.136. The molecule has 2 atom stereocenters. The zero-order valence-corrected chi connectivity index (χ0v) is 16.1. The van der Waals surface area contributed by atoms with E-state index in [1.807, 2.05) is 60.7 Å². The maximum atomic E-state index is 13.5. The molecule has 1 aliphatic heterocycles. The van der Waals surface area contributed by atoms with Crippen LogP contribution in [0.1, 0.15) is 27.4 Å². The third-order valence-electron chi connectivity index (χ3n) is 4.98. The monoisotopic (exact) mass is 439 g/mol. The standard InChI is InChI=1S/C22H18INO/c1-24-19-15-9-8-14-18(19)20(21(25)16-10-4-2-5-11-16)22(24,23)17-12-6-3-7-13-17/h2-15,20H,1H3. The second kappa shape index (κ2) is 6.30. The molecule has 0 spiro atoms. The predicted octanol–water partition coefficient (Wildman–Crippen LogP) is 5.39. The molecular formula is C22H18INO. The topological polar surface area (TPSA) is 20.3 Å². The summed E-state index contributed by atoms with van der Waals surface area (Å²) in [5.41, 5.74) is 4.12. The molecule has 4 rings (SSSR count). The van der Waals surface area contributed by atoms with E-state index in [4.69, 9.17) is 0 Å². The number of alkyl halides is 1. The number of Topliss-reactive ketones (excluding diaryl/α,β-unsaturated/α-hetero) is 1. The Labute approximate surface area is 161 Å². The summed E-state index contributed by atoms with van der Waals surface area (Å²) in [6, 6.07) is 28.2. The van der Waals surface area contributed by atoms with Gasteiger partial charge in [-0.3, -0.25) is 4.79 Å². The van der Waals surface area contributed by atoms with Crippen LogP contribution in [0, 0.1) is 0 Å². The van der Waals surface area contributed by atoms with Gasteiger partial charge in [-0.25, -0.2) is 0 Å². The molecule has 3 heteroatoms. The molecule has 124 valence electrons. The first-order valence-corrected chi connectivity index (χ1v) is 9.38. The molecule has 1 heterocycles.